The zero-order chi connectivity index (χ0) is 12.1. The number of aliphatic hydroxyl groups is 1. The predicted octanol–water partition coefficient (Wildman–Crippen LogP) is 3.77. The molecule has 2 aromatic rings. The van der Waals surface area contributed by atoms with E-state index in [0.29, 0.717) is 0 Å². The molecule has 0 aliphatic carbocycles. The fourth-order valence-electron chi connectivity index (χ4n) is 1.92. The highest BCUT2D eigenvalue weighted by atomic mass is 79.9. The number of hydrogen-bond acceptors (Lipinski definition) is 1. The summed E-state index contributed by atoms with van der Waals surface area (Å²) in [6.07, 6.45) is 0.869. The predicted molar refractivity (Wildman–Crippen MR) is 74.1 cm³/mol. The zero-order valence-corrected chi connectivity index (χ0v) is 11.1. The van der Waals surface area contributed by atoms with Gasteiger partial charge in [-0.05, 0) is 29.7 Å². The molecule has 2 rings (SSSR count). The SMILES string of the molecule is OCC(Cc1ccc(Br)cc1)c1ccccc1. The van der Waals surface area contributed by atoms with Crippen LogP contribution in [0.5, 0.6) is 0 Å². The van der Waals surface area contributed by atoms with E-state index in [2.05, 4.69) is 40.2 Å². The van der Waals surface area contributed by atoms with Crippen LogP contribution in [-0.2, 0) is 6.42 Å². The molecule has 0 fully saturated rings. The Bertz CT molecular complexity index is 450. The third kappa shape index (κ3) is 3.42. The van der Waals surface area contributed by atoms with Gasteiger partial charge in [-0.1, -0.05) is 58.4 Å². The van der Waals surface area contributed by atoms with Crippen LogP contribution < -0.4 is 0 Å². The van der Waals surface area contributed by atoms with Gasteiger partial charge in [0.25, 0.3) is 0 Å². The van der Waals surface area contributed by atoms with E-state index >= 15 is 0 Å². The molecule has 0 heterocycles. The first-order valence-electron chi connectivity index (χ1n) is 5.70. The average molecular weight is 291 g/mol. The van der Waals surface area contributed by atoms with E-state index in [1.165, 1.54) is 11.1 Å². The summed E-state index contributed by atoms with van der Waals surface area (Å²) in [5.41, 5.74) is 2.44. The van der Waals surface area contributed by atoms with Crippen molar-refractivity contribution in [3.05, 3.63) is 70.2 Å². The van der Waals surface area contributed by atoms with Gasteiger partial charge in [-0.3, -0.25) is 0 Å². The van der Waals surface area contributed by atoms with Crippen LogP contribution >= 0.6 is 15.9 Å². The van der Waals surface area contributed by atoms with Crippen LogP contribution in [-0.4, -0.2) is 11.7 Å². The summed E-state index contributed by atoms with van der Waals surface area (Å²) in [6, 6.07) is 18.4. The van der Waals surface area contributed by atoms with Gasteiger partial charge in [-0.15, -0.1) is 0 Å². The third-order valence-electron chi connectivity index (χ3n) is 2.89. The molecule has 0 aliphatic rings. The minimum absolute atomic E-state index is 0.178. The second kappa shape index (κ2) is 5.99. The largest absolute Gasteiger partial charge is 0.396 e. The highest BCUT2D eigenvalue weighted by Gasteiger charge is 2.10. The summed E-state index contributed by atoms with van der Waals surface area (Å²) in [5.74, 6) is 0.178. The first-order chi connectivity index (χ1) is 8.29. The van der Waals surface area contributed by atoms with Crippen molar-refractivity contribution < 1.29 is 5.11 Å². The molecule has 0 amide bonds. The van der Waals surface area contributed by atoms with Crippen molar-refractivity contribution in [2.24, 2.45) is 0 Å². The lowest BCUT2D eigenvalue weighted by molar-refractivity contribution is 0.264. The van der Waals surface area contributed by atoms with Gasteiger partial charge in [0.05, 0.1) is 6.61 Å². The first kappa shape index (κ1) is 12.3. The van der Waals surface area contributed by atoms with E-state index in [9.17, 15) is 5.11 Å². The zero-order valence-electron chi connectivity index (χ0n) is 9.51. The molecule has 2 aromatic carbocycles. The van der Waals surface area contributed by atoms with Gasteiger partial charge >= 0.3 is 0 Å². The molecule has 0 saturated carbocycles. The molecule has 88 valence electrons. The van der Waals surface area contributed by atoms with E-state index in [-0.39, 0.29) is 12.5 Å². The summed E-state index contributed by atoms with van der Waals surface area (Å²) >= 11 is 3.42. The molecule has 0 aliphatic heterocycles. The van der Waals surface area contributed by atoms with Gasteiger partial charge in [0.15, 0.2) is 0 Å². The monoisotopic (exact) mass is 290 g/mol. The third-order valence-corrected chi connectivity index (χ3v) is 3.42. The van der Waals surface area contributed by atoms with Crippen molar-refractivity contribution in [2.75, 3.05) is 6.61 Å². The number of halogens is 1. The fraction of sp³-hybridized carbons (Fsp3) is 0.200. The molecular formula is C15H15BrO. The Morgan fingerprint density at radius 1 is 0.941 bits per heavy atom. The van der Waals surface area contributed by atoms with Crippen LogP contribution in [0.4, 0.5) is 0 Å². The standard InChI is InChI=1S/C15H15BrO/c16-15-8-6-12(7-9-15)10-14(11-17)13-4-2-1-3-5-13/h1-9,14,17H,10-11H2. The lowest BCUT2D eigenvalue weighted by Crippen LogP contribution is -2.07. The molecule has 1 unspecified atom stereocenters. The van der Waals surface area contributed by atoms with Gasteiger partial charge in [0, 0.05) is 10.4 Å². The van der Waals surface area contributed by atoms with E-state index < -0.39 is 0 Å². The maximum atomic E-state index is 9.49. The number of benzene rings is 2. The van der Waals surface area contributed by atoms with Crippen molar-refractivity contribution in [1.82, 2.24) is 0 Å². The normalized spacial score (nSPS) is 12.4. The molecule has 0 aromatic heterocycles. The highest BCUT2D eigenvalue weighted by molar-refractivity contribution is 9.10. The van der Waals surface area contributed by atoms with E-state index in [1.54, 1.807) is 0 Å². The number of hydrogen-bond donors (Lipinski definition) is 1. The minimum atomic E-state index is 0.178. The van der Waals surface area contributed by atoms with Crippen molar-refractivity contribution in [2.45, 2.75) is 12.3 Å². The Kier molecular flexibility index (Phi) is 4.35. The van der Waals surface area contributed by atoms with Crippen LogP contribution in [0.3, 0.4) is 0 Å². The van der Waals surface area contributed by atoms with Crippen molar-refractivity contribution in [3.63, 3.8) is 0 Å². The molecule has 0 saturated heterocycles. The van der Waals surface area contributed by atoms with Crippen molar-refractivity contribution in [3.8, 4) is 0 Å². The second-order valence-corrected chi connectivity index (χ2v) is 5.04. The summed E-state index contributed by atoms with van der Waals surface area (Å²) in [4.78, 5) is 0. The lowest BCUT2D eigenvalue weighted by Gasteiger charge is -2.14. The topological polar surface area (TPSA) is 20.2 Å². The maximum absolute atomic E-state index is 9.49. The van der Waals surface area contributed by atoms with E-state index in [1.807, 2.05) is 30.3 Å². The Hall–Kier alpha value is -1.12. The lowest BCUT2D eigenvalue weighted by atomic mass is 9.93. The molecular weight excluding hydrogens is 276 g/mol. The molecule has 0 radical (unpaired) electrons. The average Bonchev–Trinajstić information content (AvgIpc) is 2.39. The first-order valence-corrected chi connectivity index (χ1v) is 6.49. The summed E-state index contributed by atoms with van der Waals surface area (Å²) < 4.78 is 1.08. The van der Waals surface area contributed by atoms with Gasteiger partial charge < -0.3 is 5.11 Å². The molecule has 1 atom stereocenters. The summed E-state index contributed by atoms with van der Waals surface area (Å²) in [5, 5.41) is 9.49. The Labute approximate surface area is 110 Å². The number of rotatable bonds is 4. The Balaban J connectivity index is 2.13. The highest BCUT2D eigenvalue weighted by Crippen LogP contribution is 2.21. The van der Waals surface area contributed by atoms with Crippen LogP contribution in [0.2, 0.25) is 0 Å². The molecule has 17 heavy (non-hydrogen) atoms. The molecule has 0 spiro atoms. The van der Waals surface area contributed by atoms with Crippen LogP contribution in [0.15, 0.2) is 59.1 Å². The van der Waals surface area contributed by atoms with Gasteiger partial charge in [-0.25, -0.2) is 0 Å². The quantitative estimate of drug-likeness (QED) is 0.909. The van der Waals surface area contributed by atoms with Gasteiger partial charge in [0.2, 0.25) is 0 Å². The second-order valence-electron chi connectivity index (χ2n) is 4.12. The van der Waals surface area contributed by atoms with Crippen LogP contribution in [0, 0.1) is 0 Å². The molecule has 0 bridgehead atoms. The summed E-state index contributed by atoms with van der Waals surface area (Å²) in [6.45, 7) is 0.181. The van der Waals surface area contributed by atoms with Crippen molar-refractivity contribution in [1.29, 1.82) is 0 Å². The summed E-state index contributed by atoms with van der Waals surface area (Å²) in [7, 11) is 0. The minimum Gasteiger partial charge on any atom is -0.396 e. The van der Waals surface area contributed by atoms with Crippen LogP contribution in [0.1, 0.15) is 17.0 Å². The van der Waals surface area contributed by atoms with Crippen LogP contribution in [0.25, 0.3) is 0 Å². The smallest absolute Gasteiger partial charge is 0.0502 e. The van der Waals surface area contributed by atoms with Gasteiger partial charge in [0.1, 0.15) is 0 Å². The van der Waals surface area contributed by atoms with Crippen molar-refractivity contribution >= 4 is 15.9 Å². The molecule has 1 nitrogen and oxygen atoms in total. The van der Waals surface area contributed by atoms with Gasteiger partial charge in [-0.2, -0.15) is 0 Å². The Morgan fingerprint density at radius 2 is 1.59 bits per heavy atom. The Morgan fingerprint density at radius 3 is 2.18 bits per heavy atom. The number of aliphatic hydroxyl groups excluding tert-OH is 1. The van der Waals surface area contributed by atoms with E-state index in [0.717, 1.165) is 10.9 Å². The fourth-order valence-corrected chi connectivity index (χ4v) is 2.18. The maximum Gasteiger partial charge on any atom is 0.0502 e. The molecule has 1 N–H and O–H groups in total. The molecule has 2 heteroatoms. The van der Waals surface area contributed by atoms with E-state index in [4.69, 9.17) is 0 Å².